The van der Waals surface area contributed by atoms with E-state index in [1.54, 1.807) is 18.2 Å². The molecular weight excluding hydrogens is 312 g/mol. The summed E-state index contributed by atoms with van der Waals surface area (Å²) in [6, 6.07) is 4.85. The number of amides is 2. The van der Waals surface area contributed by atoms with Crippen molar-refractivity contribution in [1.29, 1.82) is 0 Å². The maximum absolute atomic E-state index is 12.1. The number of aromatic amines is 1. The van der Waals surface area contributed by atoms with Crippen LogP contribution in [0.3, 0.4) is 0 Å². The molecule has 0 aliphatic carbocycles. The summed E-state index contributed by atoms with van der Waals surface area (Å²) in [7, 11) is 0. The van der Waals surface area contributed by atoms with Gasteiger partial charge in [0.15, 0.2) is 0 Å². The maximum Gasteiger partial charge on any atom is 0.269 e. The molecule has 0 aliphatic rings. The number of carbonyl (C=O) groups excluding carboxylic acids is 2. The van der Waals surface area contributed by atoms with Gasteiger partial charge in [0, 0.05) is 11.0 Å². The van der Waals surface area contributed by atoms with Gasteiger partial charge in [-0.15, -0.1) is 0 Å². The molecule has 8 heteroatoms. The van der Waals surface area contributed by atoms with Crippen molar-refractivity contribution in [3.63, 3.8) is 0 Å². The van der Waals surface area contributed by atoms with Crippen molar-refractivity contribution in [1.82, 2.24) is 20.8 Å². The van der Waals surface area contributed by atoms with Gasteiger partial charge >= 0.3 is 0 Å². The van der Waals surface area contributed by atoms with E-state index in [0.29, 0.717) is 22.4 Å². The smallest absolute Gasteiger partial charge is 0.269 e. The molecular formula is C16H22N4O4. The average Bonchev–Trinajstić information content (AvgIpc) is 2.95. The van der Waals surface area contributed by atoms with Gasteiger partial charge in [-0.1, -0.05) is 13.8 Å². The van der Waals surface area contributed by atoms with Crippen LogP contribution >= 0.6 is 0 Å². The number of aromatic nitrogens is 2. The Morgan fingerprint density at radius 3 is 2.46 bits per heavy atom. The molecule has 1 aromatic carbocycles. The summed E-state index contributed by atoms with van der Waals surface area (Å²) in [6.07, 6.45) is 0. The molecule has 0 radical (unpaired) electrons. The number of hydrogen-bond acceptors (Lipinski definition) is 5. The lowest BCUT2D eigenvalue weighted by Gasteiger charge is -2.17. The summed E-state index contributed by atoms with van der Waals surface area (Å²) < 4.78 is 0. The Kier molecular flexibility index (Phi) is 4.63. The molecule has 2 rings (SSSR count). The SMILES string of the molecule is CC(C)(O)C(=O)NNC(=O)c1ccc2nc(C(C)(C)CO)[nH]c2c1. The van der Waals surface area contributed by atoms with Crippen molar-refractivity contribution in [2.75, 3.05) is 6.61 Å². The zero-order chi connectivity index (χ0) is 18.1. The van der Waals surface area contributed by atoms with Crippen LogP contribution in [0.25, 0.3) is 11.0 Å². The predicted octanol–water partition coefficient (Wildman–Crippen LogP) is 0.365. The van der Waals surface area contributed by atoms with Gasteiger partial charge in [0.1, 0.15) is 11.4 Å². The van der Waals surface area contributed by atoms with E-state index >= 15 is 0 Å². The summed E-state index contributed by atoms with van der Waals surface area (Å²) in [5, 5.41) is 18.9. The molecule has 8 nitrogen and oxygen atoms in total. The number of hydrazine groups is 1. The summed E-state index contributed by atoms with van der Waals surface area (Å²) in [6.45, 7) is 6.27. The largest absolute Gasteiger partial charge is 0.395 e. The lowest BCUT2D eigenvalue weighted by atomic mass is 9.94. The minimum absolute atomic E-state index is 0.0663. The van der Waals surface area contributed by atoms with E-state index in [-0.39, 0.29) is 6.61 Å². The number of nitrogens with one attached hydrogen (secondary N) is 3. The van der Waals surface area contributed by atoms with E-state index in [4.69, 9.17) is 0 Å². The van der Waals surface area contributed by atoms with Gasteiger partial charge < -0.3 is 15.2 Å². The Labute approximate surface area is 139 Å². The summed E-state index contributed by atoms with van der Waals surface area (Å²) in [4.78, 5) is 31.1. The van der Waals surface area contributed by atoms with Crippen LogP contribution in [0.15, 0.2) is 18.2 Å². The average molecular weight is 334 g/mol. The van der Waals surface area contributed by atoms with Crippen molar-refractivity contribution in [2.45, 2.75) is 38.7 Å². The number of imidazole rings is 1. The highest BCUT2D eigenvalue weighted by Crippen LogP contribution is 2.23. The highest BCUT2D eigenvalue weighted by molar-refractivity contribution is 5.98. The second-order valence-electron chi connectivity index (χ2n) is 6.83. The number of fused-ring (bicyclic) bond motifs is 1. The molecule has 2 amide bonds. The van der Waals surface area contributed by atoms with Gasteiger partial charge in [0.05, 0.1) is 17.6 Å². The van der Waals surface area contributed by atoms with E-state index < -0.39 is 22.8 Å². The van der Waals surface area contributed by atoms with E-state index in [0.717, 1.165) is 0 Å². The molecule has 1 heterocycles. The first kappa shape index (κ1) is 17.9. The van der Waals surface area contributed by atoms with Crippen molar-refractivity contribution < 1.29 is 19.8 Å². The summed E-state index contributed by atoms with van der Waals surface area (Å²) >= 11 is 0. The zero-order valence-corrected chi connectivity index (χ0v) is 14.1. The van der Waals surface area contributed by atoms with Gasteiger partial charge in [0.25, 0.3) is 11.8 Å². The van der Waals surface area contributed by atoms with Crippen LogP contribution in [0.4, 0.5) is 0 Å². The first-order valence-electron chi connectivity index (χ1n) is 7.49. The first-order chi connectivity index (χ1) is 11.0. The number of aliphatic hydroxyl groups excluding tert-OH is 1. The van der Waals surface area contributed by atoms with E-state index in [1.165, 1.54) is 13.8 Å². The lowest BCUT2D eigenvalue weighted by molar-refractivity contribution is -0.137. The molecule has 130 valence electrons. The molecule has 0 atom stereocenters. The van der Waals surface area contributed by atoms with E-state index in [1.807, 2.05) is 13.8 Å². The molecule has 0 aliphatic heterocycles. The van der Waals surface area contributed by atoms with Crippen molar-refractivity contribution >= 4 is 22.8 Å². The fraction of sp³-hybridized carbons (Fsp3) is 0.438. The second kappa shape index (κ2) is 6.21. The molecule has 1 aromatic heterocycles. The minimum Gasteiger partial charge on any atom is -0.395 e. The van der Waals surface area contributed by atoms with Crippen LogP contribution in [0.2, 0.25) is 0 Å². The van der Waals surface area contributed by atoms with Crippen LogP contribution in [0.1, 0.15) is 43.9 Å². The lowest BCUT2D eigenvalue weighted by Crippen LogP contribution is -2.50. The molecule has 0 saturated heterocycles. The number of benzene rings is 1. The molecule has 24 heavy (non-hydrogen) atoms. The van der Waals surface area contributed by atoms with Gasteiger partial charge in [-0.3, -0.25) is 20.4 Å². The van der Waals surface area contributed by atoms with Gasteiger partial charge in [-0.25, -0.2) is 4.98 Å². The van der Waals surface area contributed by atoms with Crippen molar-refractivity contribution in [3.8, 4) is 0 Å². The van der Waals surface area contributed by atoms with Crippen molar-refractivity contribution in [3.05, 3.63) is 29.6 Å². The Bertz CT molecular complexity index is 774. The predicted molar refractivity (Wildman–Crippen MR) is 88.1 cm³/mol. The van der Waals surface area contributed by atoms with Gasteiger partial charge in [-0.2, -0.15) is 0 Å². The third-order valence-corrected chi connectivity index (χ3v) is 3.63. The Morgan fingerprint density at radius 1 is 1.21 bits per heavy atom. The van der Waals surface area contributed by atoms with Crippen LogP contribution in [0, 0.1) is 0 Å². The fourth-order valence-electron chi connectivity index (χ4n) is 1.88. The fourth-order valence-corrected chi connectivity index (χ4v) is 1.88. The first-order valence-corrected chi connectivity index (χ1v) is 7.49. The molecule has 0 saturated carbocycles. The molecule has 5 N–H and O–H groups in total. The third kappa shape index (κ3) is 3.72. The van der Waals surface area contributed by atoms with Crippen LogP contribution in [-0.4, -0.2) is 44.2 Å². The third-order valence-electron chi connectivity index (χ3n) is 3.63. The van der Waals surface area contributed by atoms with Gasteiger partial charge in [0.2, 0.25) is 0 Å². The summed E-state index contributed by atoms with van der Waals surface area (Å²) in [5.41, 5.74) is 3.92. The number of H-pyrrole nitrogens is 1. The number of aliphatic hydroxyl groups is 2. The zero-order valence-electron chi connectivity index (χ0n) is 14.1. The molecule has 2 aromatic rings. The number of nitrogens with zero attached hydrogens (tertiary/aromatic N) is 1. The molecule has 0 spiro atoms. The topological polar surface area (TPSA) is 127 Å². The highest BCUT2D eigenvalue weighted by atomic mass is 16.3. The highest BCUT2D eigenvalue weighted by Gasteiger charge is 2.25. The maximum atomic E-state index is 12.1. The number of rotatable bonds is 4. The minimum atomic E-state index is -1.59. The Hall–Kier alpha value is -2.45. The van der Waals surface area contributed by atoms with Crippen molar-refractivity contribution in [2.24, 2.45) is 0 Å². The molecule has 0 unspecified atom stereocenters. The Morgan fingerprint density at radius 2 is 1.88 bits per heavy atom. The quantitative estimate of drug-likeness (QED) is 0.516. The molecule has 0 fully saturated rings. The van der Waals surface area contributed by atoms with Crippen LogP contribution in [0.5, 0.6) is 0 Å². The second-order valence-corrected chi connectivity index (χ2v) is 6.83. The van der Waals surface area contributed by atoms with Crippen LogP contribution in [-0.2, 0) is 10.2 Å². The van der Waals surface area contributed by atoms with Crippen LogP contribution < -0.4 is 10.9 Å². The molecule has 0 bridgehead atoms. The Balaban J connectivity index is 2.18. The van der Waals surface area contributed by atoms with Gasteiger partial charge in [-0.05, 0) is 32.0 Å². The standard InChI is InChI=1S/C16H22N4O4/c1-15(2,8-21)13-17-10-6-5-9(7-11(10)18-13)12(22)19-20-14(23)16(3,4)24/h5-7,21,24H,8H2,1-4H3,(H,17,18)(H,19,22)(H,20,23). The monoisotopic (exact) mass is 334 g/mol. The normalized spacial score (nSPS) is 12.2. The van der Waals surface area contributed by atoms with E-state index in [9.17, 15) is 19.8 Å². The van der Waals surface area contributed by atoms with E-state index in [2.05, 4.69) is 20.8 Å². The summed E-state index contributed by atoms with van der Waals surface area (Å²) in [5.74, 6) is -0.620. The number of carbonyl (C=O) groups is 2. The number of hydrogen-bond donors (Lipinski definition) is 5.